The zero-order valence-electron chi connectivity index (χ0n) is 22.1. The number of nitrogens with zero attached hydrogens (tertiary/aromatic N) is 3. The summed E-state index contributed by atoms with van der Waals surface area (Å²) in [6.07, 6.45) is -6.04. The quantitative estimate of drug-likeness (QED) is 0.213. The number of hydrogen-bond donors (Lipinski definition) is 2. The molecule has 2 aromatic carbocycles. The van der Waals surface area contributed by atoms with E-state index < -0.39 is 34.1 Å². The number of carbonyl (C=O) groups excluding carboxylic acids is 1. The molecule has 2 aliphatic heterocycles. The SMILES string of the molecule is O=C(CCCN1CCC(Nc2ccc(C(F)(F)F)cc2)CC1)N1CC[C@@H](Nc2ccc([N+](=O)[O-])c(C(F)(F)F)c2)C1. The van der Waals surface area contributed by atoms with Gasteiger partial charge in [0.2, 0.25) is 5.91 Å². The van der Waals surface area contributed by atoms with Gasteiger partial charge in [0.05, 0.1) is 10.5 Å². The van der Waals surface area contributed by atoms with E-state index in [1.807, 2.05) is 0 Å². The van der Waals surface area contributed by atoms with Crippen LogP contribution in [0.4, 0.5) is 43.4 Å². The molecular weight excluding hydrogens is 556 g/mol. The Morgan fingerprint density at radius 2 is 1.49 bits per heavy atom. The molecule has 2 aliphatic rings. The maximum absolute atomic E-state index is 13.3. The molecule has 0 saturated carbocycles. The second-order valence-corrected chi connectivity index (χ2v) is 10.4. The van der Waals surface area contributed by atoms with Crippen LogP contribution < -0.4 is 10.6 Å². The molecule has 0 bridgehead atoms. The Labute approximate surface area is 232 Å². The monoisotopic (exact) mass is 587 g/mol. The average molecular weight is 588 g/mol. The highest BCUT2D eigenvalue weighted by Crippen LogP contribution is 2.38. The largest absolute Gasteiger partial charge is 0.423 e. The number of amides is 1. The van der Waals surface area contributed by atoms with E-state index in [1.165, 1.54) is 18.2 Å². The summed E-state index contributed by atoms with van der Waals surface area (Å²) < 4.78 is 78.0. The van der Waals surface area contributed by atoms with Gasteiger partial charge < -0.3 is 20.4 Å². The third-order valence-corrected chi connectivity index (χ3v) is 7.45. The number of halogens is 6. The van der Waals surface area contributed by atoms with Crippen molar-refractivity contribution in [2.75, 3.05) is 43.4 Å². The Morgan fingerprint density at radius 1 is 0.878 bits per heavy atom. The van der Waals surface area contributed by atoms with E-state index in [9.17, 15) is 41.3 Å². The lowest BCUT2D eigenvalue weighted by molar-refractivity contribution is -0.388. The summed E-state index contributed by atoms with van der Waals surface area (Å²) in [6, 6.07) is 7.68. The molecule has 2 heterocycles. The molecule has 14 heteroatoms. The highest BCUT2D eigenvalue weighted by atomic mass is 19.4. The standard InChI is InChI=1S/C27H31F6N5O3/c28-26(29,30)18-3-5-19(6-4-18)34-20-9-13-36(14-10-20)12-1-2-25(39)37-15-11-22(17-37)35-21-7-8-24(38(40)41)23(16-21)27(31,32)33/h3-8,16,20,22,34-35H,1-2,9-15,17H2/t22-/m1/s1. The minimum atomic E-state index is -4.87. The molecular formula is C27H31F6N5O3. The molecule has 4 rings (SSSR count). The summed E-state index contributed by atoms with van der Waals surface area (Å²) >= 11 is 0. The van der Waals surface area contributed by atoms with Crippen molar-refractivity contribution in [1.82, 2.24) is 9.80 Å². The van der Waals surface area contributed by atoms with Crippen molar-refractivity contribution in [2.45, 2.75) is 56.5 Å². The molecule has 2 saturated heterocycles. The summed E-state index contributed by atoms with van der Waals surface area (Å²) in [6.45, 7) is 3.14. The van der Waals surface area contributed by atoms with Gasteiger partial charge in [-0.25, -0.2) is 0 Å². The highest BCUT2D eigenvalue weighted by Gasteiger charge is 2.39. The van der Waals surface area contributed by atoms with Gasteiger partial charge in [0.15, 0.2) is 0 Å². The van der Waals surface area contributed by atoms with Crippen LogP contribution in [0.2, 0.25) is 0 Å². The van der Waals surface area contributed by atoms with E-state index in [2.05, 4.69) is 15.5 Å². The van der Waals surface area contributed by atoms with Gasteiger partial charge in [0.25, 0.3) is 5.69 Å². The second kappa shape index (κ2) is 12.5. The van der Waals surface area contributed by atoms with Crippen molar-refractivity contribution in [3.05, 3.63) is 63.7 Å². The fourth-order valence-electron chi connectivity index (χ4n) is 5.26. The number of nitro benzene ring substituents is 1. The minimum Gasteiger partial charge on any atom is -0.382 e. The smallest absolute Gasteiger partial charge is 0.382 e. The van der Waals surface area contributed by atoms with Crippen LogP contribution in [-0.2, 0) is 17.1 Å². The Morgan fingerprint density at radius 3 is 2.10 bits per heavy atom. The first-order valence-electron chi connectivity index (χ1n) is 13.4. The van der Waals surface area contributed by atoms with Gasteiger partial charge in [-0.05, 0) is 68.6 Å². The number of benzene rings is 2. The number of anilines is 2. The van der Waals surface area contributed by atoms with Crippen LogP contribution in [0.15, 0.2) is 42.5 Å². The molecule has 41 heavy (non-hydrogen) atoms. The van der Waals surface area contributed by atoms with Crippen molar-refractivity contribution < 1.29 is 36.1 Å². The van der Waals surface area contributed by atoms with E-state index in [0.717, 1.165) is 56.7 Å². The van der Waals surface area contributed by atoms with Gasteiger partial charge in [-0.1, -0.05) is 0 Å². The van der Waals surface area contributed by atoms with Crippen molar-refractivity contribution in [3.8, 4) is 0 Å². The van der Waals surface area contributed by atoms with Gasteiger partial charge in [-0.3, -0.25) is 14.9 Å². The Balaban J connectivity index is 1.16. The number of rotatable bonds is 9. The first-order valence-corrected chi connectivity index (χ1v) is 13.4. The zero-order valence-corrected chi connectivity index (χ0v) is 22.1. The van der Waals surface area contributed by atoms with Gasteiger partial charge >= 0.3 is 12.4 Å². The van der Waals surface area contributed by atoms with E-state index in [1.54, 1.807) is 4.90 Å². The highest BCUT2D eigenvalue weighted by molar-refractivity contribution is 5.76. The molecule has 0 aromatic heterocycles. The second-order valence-electron chi connectivity index (χ2n) is 10.4. The van der Waals surface area contributed by atoms with Crippen molar-refractivity contribution >= 4 is 23.0 Å². The molecule has 224 valence electrons. The number of hydrogen-bond acceptors (Lipinski definition) is 6. The molecule has 0 aliphatic carbocycles. The van der Waals surface area contributed by atoms with Gasteiger partial charge in [0.1, 0.15) is 5.56 Å². The third-order valence-electron chi connectivity index (χ3n) is 7.45. The minimum absolute atomic E-state index is 0.0344. The van der Waals surface area contributed by atoms with Crippen LogP contribution >= 0.6 is 0 Å². The maximum Gasteiger partial charge on any atom is 0.423 e. The number of alkyl halides is 6. The fraction of sp³-hybridized carbons (Fsp3) is 0.519. The number of nitro groups is 1. The lowest BCUT2D eigenvalue weighted by atomic mass is 10.0. The van der Waals surface area contributed by atoms with E-state index in [4.69, 9.17) is 0 Å². The number of carbonyl (C=O) groups is 1. The summed E-state index contributed by atoms with van der Waals surface area (Å²) in [5.74, 6) is -0.0344. The summed E-state index contributed by atoms with van der Waals surface area (Å²) in [5.41, 5.74) is -2.26. The van der Waals surface area contributed by atoms with Crippen LogP contribution in [0.5, 0.6) is 0 Å². The number of nitrogens with one attached hydrogen (secondary N) is 2. The van der Waals surface area contributed by atoms with Crippen LogP contribution in [0.1, 0.15) is 43.2 Å². The molecule has 1 atom stereocenters. The number of likely N-dealkylation sites (tertiary alicyclic amines) is 2. The molecule has 2 aromatic rings. The first-order chi connectivity index (χ1) is 19.3. The van der Waals surface area contributed by atoms with Crippen LogP contribution in [-0.4, -0.2) is 65.4 Å². The first kappa shape index (κ1) is 30.4. The van der Waals surface area contributed by atoms with Gasteiger partial charge in [-0.2, -0.15) is 26.3 Å². The third kappa shape index (κ3) is 8.24. The number of piperidine rings is 1. The summed E-state index contributed by atoms with van der Waals surface area (Å²) in [7, 11) is 0. The zero-order chi connectivity index (χ0) is 29.8. The molecule has 8 nitrogen and oxygen atoms in total. The van der Waals surface area contributed by atoms with E-state index in [-0.39, 0.29) is 23.7 Å². The molecule has 1 amide bonds. The average Bonchev–Trinajstić information content (AvgIpc) is 3.37. The predicted molar refractivity (Wildman–Crippen MR) is 140 cm³/mol. The Bertz CT molecular complexity index is 1210. The van der Waals surface area contributed by atoms with E-state index >= 15 is 0 Å². The summed E-state index contributed by atoms with van der Waals surface area (Å²) in [5, 5.41) is 17.2. The lowest BCUT2D eigenvalue weighted by Gasteiger charge is -2.33. The Kier molecular flexibility index (Phi) is 9.30. The van der Waals surface area contributed by atoms with Crippen LogP contribution in [0.3, 0.4) is 0 Å². The predicted octanol–water partition coefficient (Wildman–Crippen LogP) is 6.00. The summed E-state index contributed by atoms with van der Waals surface area (Å²) in [4.78, 5) is 26.5. The van der Waals surface area contributed by atoms with Crippen molar-refractivity contribution in [3.63, 3.8) is 0 Å². The van der Waals surface area contributed by atoms with Crippen LogP contribution in [0.25, 0.3) is 0 Å². The van der Waals surface area contributed by atoms with Gasteiger partial charge in [-0.15, -0.1) is 0 Å². The normalized spacial score (nSPS) is 18.9. The molecule has 2 N–H and O–H groups in total. The van der Waals surface area contributed by atoms with Crippen molar-refractivity contribution in [2.24, 2.45) is 0 Å². The maximum atomic E-state index is 13.3. The molecule has 0 unspecified atom stereocenters. The fourth-order valence-corrected chi connectivity index (χ4v) is 5.26. The van der Waals surface area contributed by atoms with E-state index in [0.29, 0.717) is 38.0 Å². The van der Waals surface area contributed by atoms with Crippen LogP contribution in [0, 0.1) is 10.1 Å². The lowest BCUT2D eigenvalue weighted by Crippen LogP contribution is -2.40. The molecule has 0 spiro atoms. The molecule has 2 fully saturated rings. The topological polar surface area (TPSA) is 90.8 Å². The Hall–Kier alpha value is -3.55. The molecule has 0 radical (unpaired) electrons. The van der Waals surface area contributed by atoms with Gasteiger partial charge in [0, 0.05) is 62.1 Å². The van der Waals surface area contributed by atoms with Crippen molar-refractivity contribution in [1.29, 1.82) is 0 Å².